The van der Waals surface area contributed by atoms with Crippen molar-refractivity contribution in [1.29, 1.82) is 0 Å². The molecule has 0 unspecified atom stereocenters. The molecule has 0 amide bonds. The first-order valence-electron chi connectivity index (χ1n) is 12.5. The average molecular weight is 513 g/mol. The standard InChI is InChI=1S/C26H32N4O5S/c1-28-23-16-21(22(30-12-14-35-15-13-30)17-24(23)29(2)26(32)25(28)31)27-36(33,34)20-10-8-19(9-11-20)18-6-4-3-5-7-18/h8-11,16-18,27H,3-7,12-15H2,1-2H3. The normalized spacial score (nSPS) is 17.4. The smallest absolute Gasteiger partial charge is 0.316 e. The van der Waals surface area contributed by atoms with Gasteiger partial charge in [-0.2, -0.15) is 0 Å². The Morgan fingerprint density at radius 2 is 1.44 bits per heavy atom. The lowest BCUT2D eigenvalue weighted by Gasteiger charge is -2.31. The number of hydrogen-bond acceptors (Lipinski definition) is 6. The van der Waals surface area contributed by atoms with E-state index in [-0.39, 0.29) is 4.90 Å². The van der Waals surface area contributed by atoms with Crippen molar-refractivity contribution in [2.24, 2.45) is 14.1 Å². The molecule has 9 nitrogen and oxygen atoms in total. The summed E-state index contributed by atoms with van der Waals surface area (Å²) in [7, 11) is -0.831. The van der Waals surface area contributed by atoms with Crippen LogP contribution >= 0.6 is 0 Å². The number of rotatable bonds is 5. The molecule has 1 saturated heterocycles. The molecule has 2 aromatic carbocycles. The molecule has 0 radical (unpaired) electrons. The van der Waals surface area contributed by atoms with E-state index in [1.54, 1.807) is 31.3 Å². The van der Waals surface area contributed by atoms with Crippen molar-refractivity contribution in [2.45, 2.75) is 42.9 Å². The second kappa shape index (κ2) is 9.74. The number of ether oxygens (including phenoxy) is 1. The second-order valence-electron chi connectivity index (χ2n) is 9.70. The first kappa shape index (κ1) is 24.6. The molecule has 0 atom stereocenters. The van der Waals surface area contributed by atoms with E-state index in [4.69, 9.17) is 4.74 Å². The van der Waals surface area contributed by atoms with E-state index < -0.39 is 21.1 Å². The average Bonchev–Trinajstić information content (AvgIpc) is 2.91. The molecule has 2 heterocycles. The summed E-state index contributed by atoms with van der Waals surface area (Å²) in [4.78, 5) is 27.1. The SMILES string of the molecule is Cn1c(=O)c(=O)n(C)c2cc(N3CCOCC3)c(NS(=O)(=O)c3ccc(C4CCCCC4)cc3)cc21. The number of benzene rings is 2. The van der Waals surface area contributed by atoms with Gasteiger partial charge in [0.2, 0.25) is 0 Å². The van der Waals surface area contributed by atoms with Crippen LogP contribution in [0.3, 0.4) is 0 Å². The summed E-state index contributed by atoms with van der Waals surface area (Å²) in [6, 6.07) is 10.6. The molecule has 1 N–H and O–H groups in total. The van der Waals surface area contributed by atoms with Crippen LogP contribution in [0.15, 0.2) is 50.9 Å². The molecule has 36 heavy (non-hydrogen) atoms. The van der Waals surface area contributed by atoms with Crippen molar-refractivity contribution in [3.8, 4) is 0 Å². The zero-order valence-electron chi connectivity index (χ0n) is 20.7. The van der Waals surface area contributed by atoms with E-state index in [1.165, 1.54) is 41.0 Å². The largest absolute Gasteiger partial charge is 0.378 e. The highest BCUT2D eigenvalue weighted by atomic mass is 32.2. The third kappa shape index (κ3) is 4.55. The third-order valence-electron chi connectivity index (χ3n) is 7.47. The van der Waals surface area contributed by atoms with Gasteiger partial charge in [0, 0.05) is 27.2 Å². The van der Waals surface area contributed by atoms with E-state index in [9.17, 15) is 18.0 Å². The van der Waals surface area contributed by atoms with Crippen LogP contribution in [-0.4, -0.2) is 43.9 Å². The summed E-state index contributed by atoms with van der Waals surface area (Å²) in [5, 5.41) is 0. The Balaban J connectivity index is 1.56. The highest BCUT2D eigenvalue weighted by Crippen LogP contribution is 2.35. The van der Waals surface area contributed by atoms with Crippen LogP contribution in [0.5, 0.6) is 0 Å². The van der Waals surface area contributed by atoms with Crippen molar-refractivity contribution < 1.29 is 13.2 Å². The Bertz CT molecular complexity index is 1500. The molecule has 192 valence electrons. The van der Waals surface area contributed by atoms with Crippen LogP contribution in [0.4, 0.5) is 11.4 Å². The minimum atomic E-state index is -3.90. The summed E-state index contributed by atoms with van der Waals surface area (Å²) >= 11 is 0. The van der Waals surface area contributed by atoms with Crippen LogP contribution in [0.1, 0.15) is 43.6 Å². The number of sulfonamides is 1. The number of morpholine rings is 1. The molecule has 3 aromatic rings. The van der Waals surface area contributed by atoms with Crippen LogP contribution in [-0.2, 0) is 28.9 Å². The van der Waals surface area contributed by atoms with Gasteiger partial charge < -0.3 is 18.8 Å². The van der Waals surface area contributed by atoms with E-state index in [0.717, 1.165) is 12.8 Å². The van der Waals surface area contributed by atoms with Crippen LogP contribution in [0.25, 0.3) is 11.0 Å². The summed E-state index contributed by atoms with van der Waals surface area (Å²) in [5.74, 6) is 0.491. The molecule has 0 spiro atoms. The number of nitrogens with one attached hydrogen (secondary N) is 1. The van der Waals surface area contributed by atoms with E-state index in [1.807, 2.05) is 17.0 Å². The van der Waals surface area contributed by atoms with Crippen LogP contribution in [0, 0.1) is 0 Å². The van der Waals surface area contributed by atoms with Gasteiger partial charge in [0.1, 0.15) is 0 Å². The predicted molar refractivity (Wildman–Crippen MR) is 141 cm³/mol. The minimum Gasteiger partial charge on any atom is -0.378 e. The monoisotopic (exact) mass is 512 g/mol. The quantitative estimate of drug-likeness (QED) is 0.528. The van der Waals surface area contributed by atoms with Crippen LogP contribution < -0.4 is 20.7 Å². The Kier molecular flexibility index (Phi) is 6.65. The van der Waals surface area contributed by atoms with E-state index >= 15 is 0 Å². The predicted octanol–water partition coefficient (Wildman–Crippen LogP) is 2.92. The number of nitrogens with zero attached hydrogens (tertiary/aromatic N) is 3. The molecule has 10 heteroatoms. The van der Waals surface area contributed by atoms with Gasteiger partial charge >= 0.3 is 11.1 Å². The van der Waals surface area contributed by atoms with E-state index in [0.29, 0.717) is 54.6 Å². The minimum absolute atomic E-state index is 0.185. The summed E-state index contributed by atoms with van der Waals surface area (Å²) in [6.45, 7) is 2.18. The maximum atomic E-state index is 13.5. The molecule has 1 aromatic heterocycles. The second-order valence-corrected chi connectivity index (χ2v) is 11.4. The van der Waals surface area contributed by atoms with Gasteiger partial charge in [0.05, 0.1) is 40.5 Å². The summed E-state index contributed by atoms with van der Waals surface area (Å²) < 4.78 is 37.7. The first-order valence-corrected chi connectivity index (χ1v) is 13.9. The maximum absolute atomic E-state index is 13.5. The fraction of sp³-hybridized carbons (Fsp3) is 0.462. The highest BCUT2D eigenvalue weighted by molar-refractivity contribution is 7.92. The van der Waals surface area contributed by atoms with Crippen molar-refractivity contribution in [1.82, 2.24) is 9.13 Å². The lowest BCUT2D eigenvalue weighted by Crippen LogP contribution is -2.40. The molecule has 5 rings (SSSR count). The Morgan fingerprint density at radius 3 is 2.06 bits per heavy atom. The molecule has 2 aliphatic rings. The van der Waals surface area contributed by atoms with Gasteiger partial charge in [-0.1, -0.05) is 31.4 Å². The van der Waals surface area contributed by atoms with Crippen molar-refractivity contribution in [3.63, 3.8) is 0 Å². The van der Waals surface area contributed by atoms with Gasteiger partial charge in [-0.3, -0.25) is 14.3 Å². The number of aromatic nitrogens is 2. The Labute approximate surface area is 210 Å². The number of hydrogen-bond donors (Lipinski definition) is 1. The zero-order chi connectivity index (χ0) is 25.4. The van der Waals surface area contributed by atoms with Gasteiger partial charge in [-0.25, -0.2) is 8.42 Å². The van der Waals surface area contributed by atoms with Crippen molar-refractivity contribution in [3.05, 3.63) is 62.7 Å². The first-order chi connectivity index (χ1) is 17.3. The summed E-state index contributed by atoms with van der Waals surface area (Å²) in [5.41, 5.74) is 1.88. The Morgan fingerprint density at radius 1 is 0.861 bits per heavy atom. The number of aryl methyl sites for hydroxylation is 2. The van der Waals surface area contributed by atoms with Gasteiger partial charge in [0.15, 0.2) is 0 Å². The molecular formula is C26H32N4O5S. The third-order valence-corrected chi connectivity index (χ3v) is 8.85. The molecule has 1 aliphatic carbocycles. The lowest BCUT2D eigenvalue weighted by molar-refractivity contribution is 0.123. The van der Waals surface area contributed by atoms with E-state index in [2.05, 4.69) is 4.72 Å². The molecule has 1 aliphatic heterocycles. The zero-order valence-corrected chi connectivity index (χ0v) is 21.5. The molecule has 0 bridgehead atoms. The number of anilines is 2. The number of fused-ring (bicyclic) bond motifs is 1. The molecular weight excluding hydrogens is 480 g/mol. The topological polar surface area (TPSA) is 103 Å². The van der Waals surface area contributed by atoms with Gasteiger partial charge in [-0.15, -0.1) is 0 Å². The van der Waals surface area contributed by atoms with Gasteiger partial charge in [0.25, 0.3) is 10.0 Å². The molecule has 1 saturated carbocycles. The Hall–Kier alpha value is -3.11. The molecule has 2 fully saturated rings. The maximum Gasteiger partial charge on any atom is 0.316 e. The fourth-order valence-electron chi connectivity index (χ4n) is 5.32. The highest BCUT2D eigenvalue weighted by Gasteiger charge is 2.23. The summed E-state index contributed by atoms with van der Waals surface area (Å²) in [6.07, 6.45) is 5.99. The van der Waals surface area contributed by atoms with Crippen molar-refractivity contribution >= 4 is 32.4 Å². The van der Waals surface area contributed by atoms with Gasteiger partial charge in [-0.05, 0) is 48.6 Å². The lowest BCUT2D eigenvalue weighted by atomic mass is 9.84. The fourth-order valence-corrected chi connectivity index (χ4v) is 6.38. The van der Waals surface area contributed by atoms with Crippen molar-refractivity contribution in [2.75, 3.05) is 35.9 Å². The van der Waals surface area contributed by atoms with Crippen LogP contribution in [0.2, 0.25) is 0 Å².